The summed E-state index contributed by atoms with van der Waals surface area (Å²) >= 11 is 0. The second-order valence-corrected chi connectivity index (χ2v) is 4.82. The minimum absolute atomic E-state index is 0.0429. The molecule has 1 aromatic rings. The number of hydrogen-bond donors (Lipinski definition) is 2. The van der Waals surface area contributed by atoms with Crippen LogP contribution in [0.5, 0.6) is 0 Å². The summed E-state index contributed by atoms with van der Waals surface area (Å²) in [4.78, 5) is 12.6. The third kappa shape index (κ3) is 3.57. The standard InChI is InChI=1S/C13H20N4O2/c1-2-16(11-4-5-11)8-7-15-10-3-6-13(17(18)19)12(14)9-10/h3,6,9,11,15H,2,4-5,7-8,14H2,1H3. The number of nitrogen functional groups attached to an aromatic ring is 1. The lowest BCUT2D eigenvalue weighted by atomic mass is 10.2. The van der Waals surface area contributed by atoms with Crippen LogP contribution in [0.4, 0.5) is 17.1 Å². The Balaban J connectivity index is 1.85. The Kier molecular flexibility index (Phi) is 4.21. The van der Waals surface area contributed by atoms with Crippen LogP contribution >= 0.6 is 0 Å². The van der Waals surface area contributed by atoms with Crippen molar-refractivity contribution < 1.29 is 4.92 Å². The van der Waals surface area contributed by atoms with Crippen LogP contribution in [0.1, 0.15) is 19.8 Å². The van der Waals surface area contributed by atoms with Gasteiger partial charge in [-0.25, -0.2) is 0 Å². The summed E-state index contributed by atoms with van der Waals surface area (Å²) < 4.78 is 0. The van der Waals surface area contributed by atoms with E-state index in [0.717, 1.165) is 31.4 Å². The van der Waals surface area contributed by atoms with E-state index in [1.54, 1.807) is 12.1 Å². The molecule has 0 bridgehead atoms. The molecular formula is C13H20N4O2. The average Bonchev–Trinajstić information content (AvgIpc) is 3.18. The second-order valence-electron chi connectivity index (χ2n) is 4.82. The van der Waals surface area contributed by atoms with E-state index >= 15 is 0 Å². The lowest BCUT2D eigenvalue weighted by Gasteiger charge is -2.20. The third-order valence-corrected chi connectivity index (χ3v) is 3.42. The molecule has 0 amide bonds. The fraction of sp³-hybridized carbons (Fsp3) is 0.538. The number of nitrogens with one attached hydrogen (secondary N) is 1. The van der Waals surface area contributed by atoms with Crippen LogP contribution in [0.25, 0.3) is 0 Å². The van der Waals surface area contributed by atoms with Crippen molar-refractivity contribution in [3.8, 4) is 0 Å². The first kappa shape index (κ1) is 13.6. The molecule has 2 rings (SSSR count). The minimum Gasteiger partial charge on any atom is -0.393 e. The Morgan fingerprint density at radius 1 is 1.53 bits per heavy atom. The summed E-state index contributed by atoms with van der Waals surface area (Å²) in [5, 5.41) is 13.9. The van der Waals surface area contributed by atoms with Crippen LogP contribution in [0, 0.1) is 10.1 Å². The lowest BCUT2D eigenvalue weighted by molar-refractivity contribution is -0.383. The van der Waals surface area contributed by atoms with Gasteiger partial charge in [0.05, 0.1) is 4.92 Å². The molecule has 19 heavy (non-hydrogen) atoms. The van der Waals surface area contributed by atoms with Crippen molar-refractivity contribution in [3.05, 3.63) is 28.3 Å². The SMILES string of the molecule is CCN(CCNc1ccc([N+](=O)[O-])c(N)c1)C1CC1. The van der Waals surface area contributed by atoms with Gasteiger partial charge in [0.25, 0.3) is 5.69 Å². The van der Waals surface area contributed by atoms with Crippen molar-refractivity contribution in [2.24, 2.45) is 0 Å². The molecule has 1 aliphatic carbocycles. The van der Waals surface area contributed by atoms with Crippen molar-refractivity contribution in [1.29, 1.82) is 0 Å². The Morgan fingerprint density at radius 3 is 2.79 bits per heavy atom. The van der Waals surface area contributed by atoms with E-state index in [9.17, 15) is 10.1 Å². The maximum atomic E-state index is 10.7. The predicted octanol–water partition coefficient (Wildman–Crippen LogP) is 2.07. The van der Waals surface area contributed by atoms with Crippen LogP contribution in [0.15, 0.2) is 18.2 Å². The number of nitro groups is 1. The van der Waals surface area contributed by atoms with Crippen molar-refractivity contribution in [1.82, 2.24) is 4.90 Å². The van der Waals surface area contributed by atoms with Gasteiger partial charge in [-0.3, -0.25) is 15.0 Å². The molecule has 0 heterocycles. The highest BCUT2D eigenvalue weighted by Gasteiger charge is 2.27. The number of hydrogen-bond acceptors (Lipinski definition) is 5. The van der Waals surface area contributed by atoms with E-state index in [1.807, 2.05) is 0 Å². The predicted molar refractivity (Wildman–Crippen MR) is 76.3 cm³/mol. The van der Waals surface area contributed by atoms with Crippen LogP contribution < -0.4 is 11.1 Å². The number of anilines is 2. The summed E-state index contributed by atoms with van der Waals surface area (Å²) in [7, 11) is 0. The Hall–Kier alpha value is -1.82. The molecule has 1 aliphatic rings. The highest BCUT2D eigenvalue weighted by molar-refractivity contribution is 5.65. The number of nitro benzene ring substituents is 1. The van der Waals surface area contributed by atoms with Crippen LogP contribution in [0.2, 0.25) is 0 Å². The largest absolute Gasteiger partial charge is 0.393 e. The number of likely N-dealkylation sites (N-methyl/N-ethyl adjacent to an activating group) is 1. The second kappa shape index (κ2) is 5.88. The first-order chi connectivity index (χ1) is 9.11. The van der Waals surface area contributed by atoms with E-state index < -0.39 is 4.92 Å². The quantitative estimate of drug-likeness (QED) is 0.447. The van der Waals surface area contributed by atoms with E-state index in [4.69, 9.17) is 5.73 Å². The number of benzene rings is 1. The summed E-state index contributed by atoms with van der Waals surface area (Å²) in [5.41, 5.74) is 6.63. The van der Waals surface area contributed by atoms with E-state index in [-0.39, 0.29) is 11.4 Å². The summed E-state index contributed by atoms with van der Waals surface area (Å²) in [6.07, 6.45) is 2.61. The van der Waals surface area contributed by atoms with Crippen LogP contribution in [-0.4, -0.2) is 35.5 Å². The number of nitrogens with zero attached hydrogens (tertiary/aromatic N) is 2. The lowest BCUT2D eigenvalue weighted by Crippen LogP contribution is -2.30. The number of rotatable bonds is 7. The van der Waals surface area contributed by atoms with Gasteiger partial charge in [0.15, 0.2) is 0 Å². The zero-order valence-corrected chi connectivity index (χ0v) is 11.1. The molecule has 6 nitrogen and oxygen atoms in total. The normalized spacial score (nSPS) is 14.6. The Bertz CT molecular complexity index is 460. The molecule has 104 valence electrons. The highest BCUT2D eigenvalue weighted by atomic mass is 16.6. The van der Waals surface area contributed by atoms with Crippen LogP contribution in [0.3, 0.4) is 0 Å². The summed E-state index contributed by atoms with van der Waals surface area (Å²) in [5.74, 6) is 0. The minimum atomic E-state index is -0.467. The van der Waals surface area contributed by atoms with Crippen molar-refractivity contribution in [2.75, 3.05) is 30.7 Å². The molecule has 3 N–H and O–H groups in total. The molecular weight excluding hydrogens is 244 g/mol. The van der Waals surface area contributed by atoms with Crippen molar-refractivity contribution in [3.63, 3.8) is 0 Å². The van der Waals surface area contributed by atoms with Gasteiger partial charge in [-0.05, 0) is 31.5 Å². The first-order valence-electron chi connectivity index (χ1n) is 6.63. The molecule has 0 spiro atoms. The summed E-state index contributed by atoms with van der Waals surface area (Å²) in [6, 6.07) is 5.51. The fourth-order valence-electron chi connectivity index (χ4n) is 2.21. The first-order valence-corrected chi connectivity index (χ1v) is 6.63. The monoisotopic (exact) mass is 264 g/mol. The zero-order chi connectivity index (χ0) is 13.8. The Morgan fingerprint density at radius 2 is 2.26 bits per heavy atom. The molecule has 1 fully saturated rings. The third-order valence-electron chi connectivity index (χ3n) is 3.42. The fourth-order valence-corrected chi connectivity index (χ4v) is 2.21. The van der Waals surface area contributed by atoms with Gasteiger partial charge < -0.3 is 11.1 Å². The zero-order valence-electron chi connectivity index (χ0n) is 11.1. The van der Waals surface area contributed by atoms with Gasteiger partial charge in [0, 0.05) is 30.9 Å². The Labute approximate surface area is 112 Å². The van der Waals surface area contributed by atoms with Gasteiger partial charge in [-0.1, -0.05) is 6.92 Å². The highest BCUT2D eigenvalue weighted by Crippen LogP contribution is 2.26. The molecule has 6 heteroatoms. The number of nitrogens with two attached hydrogens (primary N) is 1. The molecule has 1 saturated carbocycles. The maximum Gasteiger partial charge on any atom is 0.292 e. The van der Waals surface area contributed by atoms with Gasteiger partial charge in [-0.2, -0.15) is 0 Å². The van der Waals surface area contributed by atoms with Gasteiger partial charge in [0.1, 0.15) is 5.69 Å². The van der Waals surface area contributed by atoms with Gasteiger partial charge in [-0.15, -0.1) is 0 Å². The molecule has 0 aliphatic heterocycles. The molecule has 1 aromatic carbocycles. The van der Waals surface area contributed by atoms with Gasteiger partial charge >= 0.3 is 0 Å². The van der Waals surface area contributed by atoms with E-state index in [1.165, 1.54) is 18.9 Å². The average molecular weight is 264 g/mol. The van der Waals surface area contributed by atoms with E-state index in [2.05, 4.69) is 17.1 Å². The van der Waals surface area contributed by atoms with Crippen molar-refractivity contribution >= 4 is 17.1 Å². The van der Waals surface area contributed by atoms with Crippen molar-refractivity contribution in [2.45, 2.75) is 25.8 Å². The molecule has 0 saturated heterocycles. The summed E-state index contributed by atoms with van der Waals surface area (Å²) in [6.45, 7) is 5.04. The molecule has 0 atom stereocenters. The van der Waals surface area contributed by atoms with Gasteiger partial charge in [0.2, 0.25) is 0 Å². The topological polar surface area (TPSA) is 84.4 Å². The molecule has 0 radical (unpaired) electrons. The molecule has 0 aromatic heterocycles. The smallest absolute Gasteiger partial charge is 0.292 e. The molecule has 0 unspecified atom stereocenters. The van der Waals surface area contributed by atoms with Crippen LogP contribution in [-0.2, 0) is 0 Å². The maximum absolute atomic E-state index is 10.7. The van der Waals surface area contributed by atoms with E-state index in [0.29, 0.717) is 0 Å².